The van der Waals surface area contributed by atoms with E-state index in [4.69, 9.17) is 4.74 Å². The molecule has 214 valence electrons. The van der Waals surface area contributed by atoms with E-state index in [9.17, 15) is 18.0 Å². The molecule has 3 fully saturated rings. The minimum atomic E-state index is -4.35. The molecule has 1 amide bonds. The third kappa shape index (κ3) is 5.34. The highest BCUT2D eigenvalue weighted by molar-refractivity contribution is 5.86. The molecule has 4 aliphatic rings. The molecule has 6 rings (SSSR count). The number of H-pyrrole nitrogens is 1. The highest BCUT2D eigenvalue weighted by atomic mass is 19.4. The number of amides is 1. The molecule has 3 saturated heterocycles. The summed E-state index contributed by atoms with van der Waals surface area (Å²) in [6, 6.07) is 4.46. The van der Waals surface area contributed by atoms with Crippen LogP contribution in [0, 0.1) is 17.3 Å². The zero-order valence-electron chi connectivity index (χ0n) is 22.8. The van der Waals surface area contributed by atoms with Gasteiger partial charge in [-0.3, -0.25) is 4.79 Å². The molecule has 1 aliphatic carbocycles. The van der Waals surface area contributed by atoms with Gasteiger partial charge in [0.05, 0.1) is 11.0 Å². The van der Waals surface area contributed by atoms with Crippen molar-refractivity contribution in [2.75, 3.05) is 45.9 Å². The van der Waals surface area contributed by atoms with E-state index >= 15 is 0 Å². The molecule has 0 bridgehead atoms. The summed E-state index contributed by atoms with van der Waals surface area (Å²) in [5, 5.41) is 7.44. The van der Waals surface area contributed by atoms with Crippen molar-refractivity contribution < 1.29 is 22.7 Å². The minimum Gasteiger partial charge on any atom is -0.381 e. The number of likely N-dealkylation sites (tertiary alicyclic amines) is 1. The first-order valence-electron chi connectivity index (χ1n) is 14.8. The van der Waals surface area contributed by atoms with Gasteiger partial charge in [-0.05, 0) is 106 Å². The van der Waals surface area contributed by atoms with Gasteiger partial charge < -0.3 is 25.3 Å². The zero-order valence-corrected chi connectivity index (χ0v) is 22.8. The molecule has 39 heavy (non-hydrogen) atoms. The Kier molecular flexibility index (Phi) is 7.44. The van der Waals surface area contributed by atoms with Crippen LogP contribution in [0.5, 0.6) is 0 Å². The standard InChI is InChI=1S/C30H41F3N4O2/c1-19-24-18-37(12-7-29(8-13-39-14-9-29)28(38)35-17-22-3-2-10-34-22)11-6-20(24)15-26-27(19)23-16-21(30(31,32)33)4-5-25(23)36-26/h4-5,16,19-20,22,24,34,36H,2-3,6-15,17-18H2,1H3,(H,35,38)/t19-,20?,22-,24-/m1/s1. The maximum absolute atomic E-state index is 13.5. The first-order chi connectivity index (χ1) is 18.7. The van der Waals surface area contributed by atoms with Crippen LogP contribution in [0.15, 0.2) is 18.2 Å². The van der Waals surface area contributed by atoms with Crippen LogP contribution < -0.4 is 10.6 Å². The smallest absolute Gasteiger partial charge is 0.381 e. The van der Waals surface area contributed by atoms with Gasteiger partial charge in [0.15, 0.2) is 0 Å². The number of ether oxygens (including phenoxy) is 1. The summed E-state index contributed by atoms with van der Waals surface area (Å²) >= 11 is 0. The van der Waals surface area contributed by atoms with Crippen LogP contribution in [0.25, 0.3) is 10.9 Å². The molecule has 1 unspecified atom stereocenters. The summed E-state index contributed by atoms with van der Waals surface area (Å²) in [5.41, 5.74) is 2.01. The molecule has 0 saturated carbocycles. The van der Waals surface area contributed by atoms with Crippen LogP contribution in [0.1, 0.15) is 68.2 Å². The summed E-state index contributed by atoms with van der Waals surface area (Å²) in [6.45, 7) is 7.95. The van der Waals surface area contributed by atoms with Gasteiger partial charge in [-0.2, -0.15) is 13.2 Å². The molecular formula is C30H41F3N4O2. The summed E-state index contributed by atoms with van der Waals surface area (Å²) in [7, 11) is 0. The fraction of sp³-hybridized carbons (Fsp3) is 0.700. The maximum Gasteiger partial charge on any atom is 0.416 e. The van der Waals surface area contributed by atoms with Gasteiger partial charge in [-0.1, -0.05) is 6.92 Å². The summed E-state index contributed by atoms with van der Waals surface area (Å²) in [6.07, 6.45) is 2.24. The number of alkyl halides is 3. The average molecular weight is 547 g/mol. The number of rotatable bonds is 6. The lowest BCUT2D eigenvalue weighted by Crippen LogP contribution is -2.50. The van der Waals surface area contributed by atoms with Crippen LogP contribution in [-0.4, -0.2) is 67.8 Å². The Balaban J connectivity index is 1.14. The SMILES string of the molecule is C[C@H]1c2c([nH]c3ccc(C(F)(F)F)cc23)CC2CCN(CCC3(C(=O)NC[C@H]4CCCN4)CCOCC3)C[C@@H]21. The number of hydrogen-bond donors (Lipinski definition) is 3. The van der Waals surface area contributed by atoms with Crippen LogP contribution >= 0.6 is 0 Å². The Labute approximate surface area is 228 Å². The summed E-state index contributed by atoms with van der Waals surface area (Å²) in [5.74, 6) is 1.27. The topological polar surface area (TPSA) is 69.4 Å². The van der Waals surface area contributed by atoms with E-state index in [1.165, 1.54) is 18.6 Å². The van der Waals surface area contributed by atoms with Crippen molar-refractivity contribution in [2.45, 2.75) is 70.0 Å². The molecule has 1 aromatic heterocycles. The van der Waals surface area contributed by atoms with Crippen molar-refractivity contribution in [3.63, 3.8) is 0 Å². The van der Waals surface area contributed by atoms with Crippen LogP contribution in [0.4, 0.5) is 13.2 Å². The summed E-state index contributed by atoms with van der Waals surface area (Å²) < 4.78 is 46.0. The summed E-state index contributed by atoms with van der Waals surface area (Å²) in [4.78, 5) is 19.4. The number of aromatic nitrogens is 1. The predicted octanol–water partition coefficient (Wildman–Crippen LogP) is 4.84. The Hall–Kier alpha value is -2.10. The van der Waals surface area contributed by atoms with E-state index in [-0.39, 0.29) is 17.2 Å². The Bertz CT molecular complexity index is 1180. The van der Waals surface area contributed by atoms with Gasteiger partial charge >= 0.3 is 6.18 Å². The minimum absolute atomic E-state index is 0.171. The highest BCUT2D eigenvalue weighted by Gasteiger charge is 2.43. The molecule has 3 aliphatic heterocycles. The van der Waals surface area contributed by atoms with Crippen LogP contribution in [0.2, 0.25) is 0 Å². The number of carbonyl (C=O) groups is 1. The molecule has 9 heteroatoms. The molecule has 4 heterocycles. The normalized spacial score (nSPS) is 29.2. The molecule has 0 spiro atoms. The van der Waals surface area contributed by atoms with Gasteiger partial charge in [0, 0.05) is 48.9 Å². The van der Waals surface area contributed by atoms with Gasteiger partial charge in [-0.15, -0.1) is 0 Å². The average Bonchev–Trinajstić information content (AvgIpc) is 3.58. The molecule has 1 aromatic carbocycles. The number of benzene rings is 1. The maximum atomic E-state index is 13.5. The van der Waals surface area contributed by atoms with E-state index in [1.807, 2.05) is 0 Å². The lowest BCUT2D eigenvalue weighted by atomic mass is 9.68. The third-order valence-electron chi connectivity index (χ3n) is 10.2. The monoisotopic (exact) mass is 546 g/mol. The van der Waals surface area contributed by atoms with Gasteiger partial charge in [0.1, 0.15) is 0 Å². The quantitative estimate of drug-likeness (QED) is 0.485. The fourth-order valence-corrected chi connectivity index (χ4v) is 7.79. The van der Waals surface area contributed by atoms with Crippen molar-refractivity contribution in [3.05, 3.63) is 35.0 Å². The predicted molar refractivity (Wildman–Crippen MR) is 145 cm³/mol. The number of aromatic amines is 1. The third-order valence-corrected chi connectivity index (χ3v) is 10.2. The Morgan fingerprint density at radius 3 is 2.79 bits per heavy atom. The van der Waals surface area contributed by atoms with Gasteiger partial charge in [-0.25, -0.2) is 0 Å². The lowest BCUT2D eigenvalue weighted by molar-refractivity contribution is -0.138. The lowest BCUT2D eigenvalue weighted by Gasteiger charge is -2.45. The number of nitrogens with zero attached hydrogens (tertiary/aromatic N) is 1. The molecule has 0 radical (unpaired) electrons. The molecule has 6 nitrogen and oxygen atoms in total. The second-order valence-corrected chi connectivity index (χ2v) is 12.4. The number of nitrogens with one attached hydrogen (secondary N) is 3. The number of halogens is 3. The van der Waals surface area contributed by atoms with Crippen molar-refractivity contribution >= 4 is 16.8 Å². The fourth-order valence-electron chi connectivity index (χ4n) is 7.79. The van der Waals surface area contributed by atoms with Crippen molar-refractivity contribution in [3.8, 4) is 0 Å². The molecular weight excluding hydrogens is 505 g/mol. The second-order valence-electron chi connectivity index (χ2n) is 12.4. The Morgan fingerprint density at radius 1 is 1.23 bits per heavy atom. The largest absolute Gasteiger partial charge is 0.416 e. The van der Waals surface area contributed by atoms with E-state index < -0.39 is 11.7 Å². The van der Waals surface area contributed by atoms with Gasteiger partial charge in [0.25, 0.3) is 0 Å². The number of hydrogen-bond acceptors (Lipinski definition) is 4. The van der Waals surface area contributed by atoms with E-state index in [0.29, 0.717) is 37.6 Å². The first-order valence-corrected chi connectivity index (χ1v) is 14.8. The first kappa shape index (κ1) is 27.1. The number of piperidine rings is 1. The molecule has 4 atom stereocenters. The Morgan fingerprint density at radius 2 is 2.05 bits per heavy atom. The van der Waals surface area contributed by atoms with E-state index in [1.54, 1.807) is 6.07 Å². The molecule has 2 aromatic rings. The van der Waals surface area contributed by atoms with Crippen LogP contribution in [0.3, 0.4) is 0 Å². The van der Waals surface area contributed by atoms with Gasteiger partial charge in [0.2, 0.25) is 5.91 Å². The number of carbonyl (C=O) groups excluding carboxylic acids is 1. The van der Waals surface area contributed by atoms with Crippen LogP contribution in [-0.2, 0) is 22.1 Å². The molecule has 3 N–H and O–H groups in total. The number of fused-ring (bicyclic) bond motifs is 4. The van der Waals surface area contributed by atoms with Crippen molar-refractivity contribution in [2.24, 2.45) is 17.3 Å². The highest BCUT2D eigenvalue weighted by Crippen LogP contribution is 2.47. The second kappa shape index (κ2) is 10.7. The van der Waals surface area contributed by atoms with E-state index in [2.05, 4.69) is 27.4 Å². The van der Waals surface area contributed by atoms with E-state index in [0.717, 1.165) is 86.9 Å². The van der Waals surface area contributed by atoms with Crippen molar-refractivity contribution in [1.29, 1.82) is 0 Å². The zero-order chi connectivity index (χ0) is 27.2. The van der Waals surface area contributed by atoms with Crippen molar-refractivity contribution in [1.82, 2.24) is 20.5 Å².